The van der Waals surface area contributed by atoms with Crippen molar-refractivity contribution >= 4 is 28.8 Å². The zero-order valence-corrected chi connectivity index (χ0v) is 21.1. The van der Waals surface area contributed by atoms with Gasteiger partial charge >= 0.3 is 5.97 Å². The number of thiophene rings is 1. The van der Waals surface area contributed by atoms with Gasteiger partial charge in [0.2, 0.25) is 0 Å². The van der Waals surface area contributed by atoms with Gasteiger partial charge in [-0.15, -0.1) is 11.3 Å². The van der Waals surface area contributed by atoms with Crippen LogP contribution in [0.5, 0.6) is 0 Å². The summed E-state index contributed by atoms with van der Waals surface area (Å²) in [7, 11) is 0. The number of allylic oxidation sites excluding steroid dienone is 3. The second-order valence-corrected chi connectivity index (χ2v) is 10.2. The van der Waals surface area contributed by atoms with Crippen LogP contribution in [-0.4, -0.2) is 23.3 Å². The predicted molar refractivity (Wildman–Crippen MR) is 141 cm³/mol. The molecule has 8 heteroatoms. The highest BCUT2D eigenvalue weighted by Gasteiger charge is 2.41. The minimum absolute atomic E-state index is 0.0300. The molecule has 0 bridgehead atoms. The average Bonchev–Trinajstić information content (AvgIpc) is 3.43. The summed E-state index contributed by atoms with van der Waals surface area (Å²) in [5.41, 5.74) is 4.00. The zero-order chi connectivity index (χ0) is 25.9. The number of Topliss-reactive ketones (excluding diaryl/α,β-unsaturated/α-hetero) is 1. The fourth-order valence-electron chi connectivity index (χ4n) is 5.14. The van der Waals surface area contributed by atoms with Gasteiger partial charge in [-0.05, 0) is 35.9 Å². The van der Waals surface area contributed by atoms with Gasteiger partial charge in [0.05, 0.1) is 17.1 Å². The maximum Gasteiger partial charge on any atom is 0.336 e. The van der Waals surface area contributed by atoms with Gasteiger partial charge in [-0.2, -0.15) is 0 Å². The molecule has 0 saturated heterocycles. The van der Waals surface area contributed by atoms with E-state index in [-0.39, 0.29) is 24.0 Å². The number of nitrogens with zero attached hydrogens (tertiary/aromatic N) is 1. The second kappa shape index (κ2) is 10.5. The summed E-state index contributed by atoms with van der Waals surface area (Å²) in [5, 5.41) is 16.6. The van der Waals surface area contributed by atoms with Crippen LogP contribution in [-0.2, 0) is 20.7 Å². The van der Waals surface area contributed by atoms with Crippen molar-refractivity contribution < 1.29 is 19.2 Å². The number of benzene rings is 2. The summed E-state index contributed by atoms with van der Waals surface area (Å²) >= 11 is 1.63. The molecular weight excluding hydrogens is 488 g/mol. The third-order valence-electron chi connectivity index (χ3n) is 6.90. The number of carbonyl (C=O) groups excluding carboxylic acids is 2. The van der Waals surface area contributed by atoms with Crippen LogP contribution in [0.15, 0.2) is 94.7 Å². The minimum Gasteiger partial charge on any atom is -0.462 e. The number of hydrogen-bond donors (Lipinski definition) is 1. The Morgan fingerprint density at radius 3 is 2.51 bits per heavy atom. The molecule has 0 amide bonds. The lowest BCUT2D eigenvalue weighted by atomic mass is 9.72. The topological polar surface area (TPSA) is 98.5 Å². The normalized spacial score (nSPS) is 19.3. The molecule has 0 spiro atoms. The summed E-state index contributed by atoms with van der Waals surface area (Å²) in [6, 6.07) is 19.9. The van der Waals surface area contributed by atoms with Crippen LogP contribution in [0.4, 0.5) is 5.69 Å². The highest BCUT2D eigenvalue weighted by molar-refractivity contribution is 7.10. The molecular formula is C29H26N2O5S. The Hall–Kier alpha value is -4.04. The van der Waals surface area contributed by atoms with E-state index in [1.807, 2.05) is 54.8 Å². The van der Waals surface area contributed by atoms with Crippen molar-refractivity contribution in [2.75, 3.05) is 6.61 Å². The lowest BCUT2D eigenvalue weighted by Crippen LogP contribution is -2.36. The van der Waals surface area contributed by atoms with E-state index in [1.54, 1.807) is 23.5 Å². The molecule has 0 fully saturated rings. The molecule has 1 aliphatic heterocycles. The third-order valence-corrected chi connectivity index (χ3v) is 7.93. The molecule has 1 aromatic heterocycles. The van der Waals surface area contributed by atoms with Crippen LogP contribution in [0.1, 0.15) is 47.6 Å². The number of nitro groups is 1. The first kappa shape index (κ1) is 24.6. The van der Waals surface area contributed by atoms with Crippen LogP contribution >= 0.6 is 11.3 Å². The van der Waals surface area contributed by atoms with Crippen LogP contribution in [0.2, 0.25) is 0 Å². The molecule has 0 unspecified atom stereocenters. The molecule has 188 valence electrons. The average molecular weight is 515 g/mol. The van der Waals surface area contributed by atoms with Crippen LogP contribution in [0.25, 0.3) is 0 Å². The Kier molecular flexibility index (Phi) is 7.01. The fraction of sp³-hybridized carbons (Fsp3) is 0.241. The maximum atomic E-state index is 13.6. The maximum absolute atomic E-state index is 13.6. The fourth-order valence-corrected chi connectivity index (χ4v) is 5.97. The lowest BCUT2D eigenvalue weighted by Gasteiger charge is -2.36. The van der Waals surface area contributed by atoms with Gasteiger partial charge in [0, 0.05) is 58.7 Å². The summed E-state index contributed by atoms with van der Waals surface area (Å²) in [4.78, 5) is 38.9. The summed E-state index contributed by atoms with van der Waals surface area (Å²) < 4.78 is 5.69. The molecule has 2 heterocycles. The molecule has 5 rings (SSSR count). The van der Waals surface area contributed by atoms with Gasteiger partial charge in [0.25, 0.3) is 5.69 Å². The summed E-state index contributed by atoms with van der Waals surface area (Å²) in [6.45, 7) is 2.02. The van der Waals surface area contributed by atoms with Gasteiger partial charge in [-0.25, -0.2) is 4.79 Å². The molecule has 0 radical (unpaired) electrons. The highest BCUT2D eigenvalue weighted by atomic mass is 32.1. The van der Waals surface area contributed by atoms with Crippen LogP contribution < -0.4 is 5.32 Å². The Bertz CT molecular complexity index is 1390. The SMILES string of the molecule is CC1=C(C(=O)OCCc2ccccc2)[C@@H](c2ccc([N+](=O)[O-])cc2)C2=C(C[C@H](c3cccs3)CC2=O)N1. The molecule has 1 N–H and O–H groups in total. The lowest BCUT2D eigenvalue weighted by molar-refractivity contribution is -0.384. The van der Waals surface area contributed by atoms with Crippen molar-refractivity contribution in [2.24, 2.45) is 0 Å². The minimum atomic E-state index is -0.655. The monoisotopic (exact) mass is 514 g/mol. The van der Waals surface area contributed by atoms with E-state index in [9.17, 15) is 19.7 Å². The zero-order valence-electron chi connectivity index (χ0n) is 20.3. The van der Waals surface area contributed by atoms with E-state index < -0.39 is 16.8 Å². The molecule has 2 aromatic carbocycles. The molecule has 7 nitrogen and oxygen atoms in total. The van der Waals surface area contributed by atoms with Crippen LogP contribution in [0, 0.1) is 10.1 Å². The van der Waals surface area contributed by atoms with Gasteiger partial charge in [-0.1, -0.05) is 48.5 Å². The second-order valence-electron chi connectivity index (χ2n) is 9.25. The first-order valence-corrected chi connectivity index (χ1v) is 13.0. The summed E-state index contributed by atoms with van der Waals surface area (Å²) in [6.07, 6.45) is 1.57. The van der Waals surface area contributed by atoms with Crippen molar-refractivity contribution in [2.45, 2.75) is 38.0 Å². The number of rotatable bonds is 7. The Labute approximate surface area is 218 Å². The van der Waals surface area contributed by atoms with E-state index in [4.69, 9.17) is 4.74 Å². The Balaban J connectivity index is 1.47. The van der Waals surface area contributed by atoms with Crippen molar-refractivity contribution in [1.29, 1.82) is 0 Å². The largest absolute Gasteiger partial charge is 0.462 e. The van der Waals surface area contributed by atoms with E-state index >= 15 is 0 Å². The Morgan fingerprint density at radius 1 is 1.08 bits per heavy atom. The quantitative estimate of drug-likeness (QED) is 0.243. The van der Waals surface area contributed by atoms with E-state index in [0.717, 1.165) is 16.1 Å². The van der Waals surface area contributed by atoms with Gasteiger partial charge in [0.1, 0.15) is 0 Å². The van der Waals surface area contributed by atoms with E-state index in [2.05, 4.69) is 5.32 Å². The van der Waals surface area contributed by atoms with Crippen molar-refractivity contribution in [1.82, 2.24) is 5.32 Å². The van der Waals surface area contributed by atoms with Crippen LogP contribution in [0.3, 0.4) is 0 Å². The van der Waals surface area contributed by atoms with E-state index in [1.165, 1.54) is 12.1 Å². The van der Waals surface area contributed by atoms with Gasteiger partial charge in [-0.3, -0.25) is 14.9 Å². The molecule has 37 heavy (non-hydrogen) atoms. The number of nitro benzene ring substituents is 1. The molecule has 0 saturated carbocycles. The molecule has 3 aromatic rings. The molecule has 2 aliphatic rings. The first-order valence-electron chi connectivity index (χ1n) is 12.1. The van der Waals surface area contributed by atoms with Gasteiger partial charge in [0.15, 0.2) is 5.78 Å². The van der Waals surface area contributed by atoms with Gasteiger partial charge < -0.3 is 10.1 Å². The number of ketones is 1. The standard InChI is InChI=1S/C29H26N2O5S/c1-18-26(29(33)36-14-13-19-6-3-2-4-7-19)27(20-9-11-22(12-10-20)31(34)35)28-23(30-18)16-21(17-24(28)32)25-8-5-15-37-25/h2-12,15,21,27,30H,13-14,16-17H2,1H3/t21-,27+/m0/s1. The number of non-ortho nitro benzene ring substituents is 1. The predicted octanol–water partition coefficient (Wildman–Crippen LogP) is 5.80. The third kappa shape index (κ3) is 5.11. The first-order chi connectivity index (χ1) is 17.9. The van der Waals surface area contributed by atoms with E-state index in [0.29, 0.717) is 41.7 Å². The Morgan fingerprint density at radius 2 is 1.84 bits per heavy atom. The van der Waals surface area contributed by atoms with Crippen molar-refractivity contribution in [3.8, 4) is 0 Å². The van der Waals surface area contributed by atoms with Crippen molar-refractivity contribution in [3.63, 3.8) is 0 Å². The van der Waals surface area contributed by atoms with Crippen molar-refractivity contribution in [3.05, 3.63) is 121 Å². The summed E-state index contributed by atoms with van der Waals surface area (Å²) in [5.74, 6) is -1.11. The molecule has 2 atom stereocenters. The highest BCUT2D eigenvalue weighted by Crippen LogP contribution is 2.46. The number of esters is 1. The molecule has 1 aliphatic carbocycles. The number of hydrogen-bond acceptors (Lipinski definition) is 7. The number of dihydropyridines is 1. The number of carbonyl (C=O) groups is 2. The smallest absolute Gasteiger partial charge is 0.336 e. The number of nitrogens with one attached hydrogen (secondary N) is 1. The number of ether oxygens (including phenoxy) is 1.